The summed E-state index contributed by atoms with van der Waals surface area (Å²) < 4.78 is 16.5. The summed E-state index contributed by atoms with van der Waals surface area (Å²) in [5.41, 5.74) is 1.44. The summed E-state index contributed by atoms with van der Waals surface area (Å²) in [6.07, 6.45) is 11.7. The maximum Gasteiger partial charge on any atom is 0.305 e. The molecule has 0 amide bonds. The van der Waals surface area contributed by atoms with Gasteiger partial charge < -0.3 is 19.0 Å². The van der Waals surface area contributed by atoms with Crippen molar-refractivity contribution in [3.8, 4) is 0 Å². The van der Waals surface area contributed by atoms with Gasteiger partial charge in [-0.25, -0.2) is 0 Å². The van der Waals surface area contributed by atoms with Crippen LogP contribution in [0.1, 0.15) is 57.8 Å². The van der Waals surface area contributed by atoms with E-state index in [1.54, 1.807) is 0 Å². The highest BCUT2D eigenvalue weighted by Gasteiger charge is 2.48. The van der Waals surface area contributed by atoms with Crippen molar-refractivity contribution in [2.75, 3.05) is 13.7 Å². The zero-order valence-electron chi connectivity index (χ0n) is 15.2. The first kappa shape index (κ1) is 18.6. The Bertz CT molecular complexity index is 494. The first-order valence-electron chi connectivity index (χ1n) is 9.68. The summed E-state index contributed by atoms with van der Waals surface area (Å²) in [5, 5.41) is 0. The predicted molar refractivity (Wildman–Crippen MR) is 92.8 cm³/mol. The highest BCUT2D eigenvalue weighted by molar-refractivity contribution is 5.69. The molecule has 1 saturated heterocycles. The summed E-state index contributed by atoms with van der Waals surface area (Å²) in [7, 11) is 1.43. The van der Waals surface area contributed by atoms with Crippen molar-refractivity contribution >= 4 is 12.3 Å². The molecule has 0 aromatic rings. The summed E-state index contributed by atoms with van der Waals surface area (Å²) in [6.45, 7) is 0.772. The fourth-order valence-corrected chi connectivity index (χ4v) is 4.65. The quantitative estimate of drug-likeness (QED) is 0.305. The molecule has 0 radical (unpaired) electrons. The Morgan fingerprint density at radius 1 is 1.32 bits per heavy atom. The van der Waals surface area contributed by atoms with Gasteiger partial charge in [-0.05, 0) is 63.2 Å². The number of methoxy groups -OCH3 is 1. The average Bonchev–Trinajstić information content (AvgIpc) is 3.16. The molecule has 2 unspecified atom stereocenters. The van der Waals surface area contributed by atoms with Crippen molar-refractivity contribution in [3.63, 3.8) is 0 Å². The molecule has 3 fully saturated rings. The number of allylic oxidation sites excluding steroid dienone is 2. The SMILES string of the molecule is COC(=O)CCC/C=C1\CC2C[C@@H](OC3CCCCO3)[C@H](C=O)[C@H]2C1. The zero-order valence-corrected chi connectivity index (χ0v) is 15.2. The molecule has 3 aliphatic rings. The molecule has 0 aromatic heterocycles. The minimum absolute atomic E-state index is 0.00324. The Morgan fingerprint density at radius 2 is 2.20 bits per heavy atom. The van der Waals surface area contributed by atoms with Crippen molar-refractivity contribution in [2.24, 2.45) is 17.8 Å². The Kier molecular flexibility index (Phi) is 6.65. The van der Waals surface area contributed by atoms with Crippen LogP contribution >= 0.6 is 0 Å². The van der Waals surface area contributed by atoms with Crippen LogP contribution in [0.4, 0.5) is 0 Å². The van der Waals surface area contributed by atoms with Crippen molar-refractivity contribution in [1.29, 1.82) is 0 Å². The van der Waals surface area contributed by atoms with Gasteiger partial charge in [0.1, 0.15) is 6.29 Å². The van der Waals surface area contributed by atoms with Crippen LogP contribution in [0, 0.1) is 17.8 Å². The lowest BCUT2D eigenvalue weighted by molar-refractivity contribution is -0.194. The third kappa shape index (κ3) is 4.70. The molecule has 5 heteroatoms. The second-order valence-corrected chi connectivity index (χ2v) is 7.58. The molecule has 0 aromatic carbocycles. The molecule has 2 aliphatic carbocycles. The molecule has 3 rings (SSSR count). The lowest BCUT2D eigenvalue weighted by Gasteiger charge is -2.28. The molecule has 0 spiro atoms. The van der Waals surface area contributed by atoms with Crippen LogP contribution in [-0.2, 0) is 23.8 Å². The van der Waals surface area contributed by atoms with Gasteiger partial charge in [0.25, 0.3) is 0 Å². The standard InChI is InChI=1S/C20H30O5/c1-23-19(22)7-3-2-6-14-10-15-12-18(17(13-21)16(15)11-14)25-20-8-4-5-9-24-20/h6,13,15-18,20H,2-5,7-12H2,1H3/b14-6+/t15?,16-,17+,18+,20?/m0/s1. The van der Waals surface area contributed by atoms with E-state index in [1.807, 2.05) is 0 Å². The maximum atomic E-state index is 11.7. The molecule has 140 valence electrons. The average molecular weight is 350 g/mol. The van der Waals surface area contributed by atoms with Gasteiger partial charge >= 0.3 is 5.97 Å². The summed E-state index contributed by atoms with van der Waals surface area (Å²) in [6, 6.07) is 0. The van der Waals surface area contributed by atoms with Gasteiger partial charge in [0.05, 0.1) is 13.2 Å². The normalized spacial score (nSPS) is 36.4. The Balaban J connectivity index is 1.48. The van der Waals surface area contributed by atoms with Crippen molar-refractivity contribution in [1.82, 2.24) is 0 Å². The van der Waals surface area contributed by atoms with Crippen LogP contribution in [0.5, 0.6) is 0 Å². The topological polar surface area (TPSA) is 61.8 Å². The van der Waals surface area contributed by atoms with Gasteiger partial charge in [-0.15, -0.1) is 0 Å². The summed E-state index contributed by atoms with van der Waals surface area (Å²) >= 11 is 0. The first-order chi connectivity index (χ1) is 12.2. The van der Waals surface area contributed by atoms with E-state index >= 15 is 0 Å². The molecule has 0 bridgehead atoms. The van der Waals surface area contributed by atoms with Gasteiger partial charge in [0.15, 0.2) is 6.29 Å². The fraction of sp³-hybridized carbons (Fsp3) is 0.800. The minimum atomic E-state index is -0.146. The minimum Gasteiger partial charge on any atom is -0.469 e. The van der Waals surface area contributed by atoms with Gasteiger partial charge in [0.2, 0.25) is 0 Å². The Morgan fingerprint density at radius 3 is 2.92 bits per heavy atom. The van der Waals surface area contributed by atoms with E-state index in [0.29, 0.717) is 18.3 Å². The Hall–Kier alpha value is -1.20. The maximum absolute atomic E-state index is 11.7. The number of carbonyl (C=O) groups is 2. The number of hydrogen-bond donors (Lipinski definition) is 0. The highest BCUT2D eigenvalue weighted by Crippen LogP contribution is 2.50. The summed E-state index contributed by atoms with van der Waals surface area (Å²) in [4.78, 5) is 22.8. The number of carbonyl (C=O) groups excluding carboxylic acids is 2. The van der Waals surface area contributed by atoms with Crippen LogP contribution in [0.3, 0.4) is 0 Å². The second kappa shape index (κ2) is 8.95. The smallest absolute Gasteiger partial charge is 0.305 e. The molecule has 0 N–H and O–H groups in total. The van der Waals surface area contributed by atoms with Crippen LogP contribution in [0.2, 0.25) is 0 Å². The van der Waals surface area contributed by atoms with E-state index in [9.17, 15) is 9.59 Å². The molecule has 5 atom stereocenters. The van der Waals surface area contributed by atoms with E-state index in [-0.39, 0.29) is 24.3 Å². The zero-order chi connectivity index (χ0) is 17.6. The van der Waals surface area contributed by atoms with Gasteiger partial charge in [-0.3, -0.25) is 4.79 Å². The largest absolute Gasteiger partial charge is 0.469 e. The number of unbranched alkanes of at least 4 members (excludes halogenated alkanes) is 1. The first-order valence-corrected chi connectivity index (χ1v) is 9.68. The lowest BCUT2D eigenvalue weighted by Crippen LogP contribution is -2.32. The summed E-state index contributed by atoms with van der Waals surface area (Å²) in [5.74, 6) is 0.817. The number of aldehydes is 1. The van der Waals surface area contributed by atoms with Crippen LogP contribution in [0.15, 0.2) is 11.6 Å². The second-order valence-electron chi connectivity index (χ2n) is 7.58. The van der Waals surface area contributed by atoms with Crippen LogP contribution in [-0.4, -0.2) is 38.4 Å². The molecule has 25 heavy (non-hydrogen) atoms. The molecular weight excluding hydrogens is 320 g/mol. The van der Waals surface area contributed by atoms with Crippen LogP contribution < -0.4 is 0 Å². The van der Waals surface area contributed by atoms with Gasteiger partial charge in [0, 0.05) is 18.9 Å². The lowest BCUT2D eigenvalue weighted by atomic mass is 9.92. The van der Waals surface area contributed by atoms with Crippen LogP contribution in [0.25, 0.3) is 0 Å². The Labute approximate surface area is 150 Å². The van der Waals surface area contributed by atoms with Crippen molar-refractivity contribution in [2.45, 2.75) is 70.2 Å². The molecule has 5 nitrogen and oxygen atoms in total. The van der Waals surface area contributed by atoms with Crippen molar-refractivity contribution in [3.05, 3.63) is 11.6 Å². The monoisotopic (exact) mass is 350 g/mol. The van der Waals surface area contributed by atoms with Gasteiger partial charge in [-0.1, -0.05) is 11.6 Å². The molecule has 2 saturated carbocycles. The fourth-order valence-electron chi connectivity index (χ4n) is 4.65. The van der Waals surface area contributed by atoms with E-state index < -0.39 is 0 Å². The van der Waals surface area contributed by atoms with E-state index in [1.165, 1.54) is 12.7 Å². The third-order valence-corrected chi connectivity index (χ3v) is 5.95. The molecule has 1 heterocycles. The number of hydrogen-bond acceptors (Lipinski definition) is 5. The van der Waals surface area contributed by atoms with Gasteiger partial charge in [-0.2, -0.15) is 0 Å². The van der Waals surface area contributed by atoms with E-state index in [2.05, 4.69) is 10.8 Å². The molecule has 1 aliphatic heterocycles. The highest BCUT2D eigenvalue weighted by atomic mass is 16.7. The van der Waals surface area contributed by atoms with E-state index in [4.69, 9.17) is 9.47 Å². The predicted octanol–water partition coefficient (Wildman–Crippen LogP) is 3.41. The molecular formula is C20H30O5. The van der Waals surface area contributed by atoms with E-state index in [0.717, 1.165) is 64.3 Å². The number of ether oxygens (including phenoxy) is 3. The number of esters is 1. The van der Waals surface area contributed by atoms with Crippen molar-refractivity contribution < 1.29 is 23.8 Å². The number of rotatable bonds is 7. The third-order valence-electron chi connectivity index (χ3n) is 5.95. The number of fused-ring (bicyclic) bond motifs is 1.